The predicted octanol–water partition coefficient (Wildman–Crippen LogP) is 5.03. The first kappa shape index (κ1) is 29.3. The van der Waals surface area contributed by atoms with Gasteiger partial charge in [-0.15, -0.1) is 0 Å². The average Bonchev–Trinajstić information content (AvgIpc) is 3.07. The molecule has 2 aliphatic carbocycles. The molecule has 200 valence electrons. The first-order chi connectivity index (χ1) is 16.6. The second kappa shape index (κ2) is 14.6. The molecule has 3 fully saturated rings. The lowest BCUT2D eigenvalue weighted by molar-refractivity contribution is -0.148. The highest BCUT2D eigenvalue weighted by atomic mass is 16.4. The highest BCUT2D eigenvalue weighted by Gasteiger charge is 2.47. The quantitative estimate of drug-likeness (QED) is 0.329. The molecule has 1 saturated heterocycles. The van der Waals surface area contributed by atoms with Crippen molar-refractivity contribution < 1.29 is 24.3 Å². The number of nitrogens with zero attached hydrogens (tertiary/aromatic N) is 1. The number of likely N-dealkylation sites (tertiary alicyclic amines) is 1. The van der Waals surface area contributed by atoms with Gasteiger partial charge in [-0.05, 0) is 63.2 Å². The molecule has 0 bridgehead atoms. The van der Waals surface area contributed by atoms with Crippen molar-refractivity contribution in [1.82, 2.24) is 10.2 Å². The molecule has 0 radical (unpaired) electrons. The van der Waals surface area contributed by atoms with E-state index in [9.17, 15) is 19.2 Å². The minimum atomic E-state index is -0.822. The van der Waals surface area contributed by atoms with Gasteiger partial charge < -0.3 is 10.4 Å². The molecule has 35 heavy (non-hydrogen) atoms. The van der Waals surface area contributed by atoms with Gasteiger partial charge in [-0.2, -0.15) is 0 Å². The van der Waals surface area contributed by atoms with E-state index in [0.29, 0.717) is 37.8 Å². The molecule has 0 spiro atoms. The van der Waals surface area contributed by atoms with Crippen LogP contribution in [0.4, 0.5) is 0 Å². The molecule has 4 unspecified atom stereocenters. The minimum Gasteiger partial charge on any atom is -0.481 e. The Morgan fingerprint density at radius 1 is 0.829 bits per heavy atom. The Kier molecular flexibility index (Phi) is 12.2. The van der Waals surface area contributed by atoms with Crippen molar-refractivity contribution in [2.45, 2.75) is 105 Å². The van der Waals surface area contributed by atoms with Gasteiger partial charge in [-0.3, -0.25) is 24.1 Å². The Morgan fingerprint density at radius 3 is 1.83 bits per heavy atom. The number of carbonyl (C=O) groups excluding carboxylic acids is 3. The number of hydrogen-bond donors (Lipinski definition) is 2. The maximum absolute atomic E-state index is 12.1. The summed E-state index contributed by atoms with van der Waals surface area (Å²) in [6, 6.07) is 0. The fraction of sp³-hybridized carbons (Fsp3) is 0.857. The number of hydrogen-bond acceptors (Lipinski definition) is 4. The lowest BCUT2D eigenvalue weighted by Crippen LogP contribution is -2.40. The van der Waals surface area contributed by atoms with Gasteiger partial charge >= 0.3 is 5.97 Å². The number of amides is 3. The maximum Gasteiger partial charge on any atom is 0.307 e. The van der Waals surface area contributed by atoms with E-state index in [4.69, 9.17) is 5.11 Å². The van der Waals surface area contributed by atoms with Gasteiger partial charge in [-0.25, -0.2) is 0 Å². The Bertz CT molecular complexity index is 696. The van der Waals surface area contributed by atoms with Gasteiger partial charge in [0.1, 0.15) is 0 Å². The number of aliphatic carboxylic acids is 1. The molecule has 7 heteroatoms. The Morgan fingerprint density at radius 2 is 1.31 bits per heavy atom. The fourth-order valence-electron chi connectivity index (χ4n) is 5.70. The molecule has 2 saturated carbocycles. The minimum absolute atomic E-state index is 0.0234. The number of fused-ring (bicyclic) bond motifs is 1. The zero-order valence-corrected chi connectivity index (χ0v) is 22.4. The van der Waals surface area contributed by atoms with Crippen molar-refractivity contribution >= 4 is 23.7 Å². The molecular weight excluding hydrogens is 444 g/mol. The molecule has 0 aromatic rings. The topological polar surface area (TPSA) is 104 Å². The second-order valence-electron chi connectivity index (χ2n) is 11.5. The van der Waals surface area contributed by atoms with E-state index in [1.54, 1.807) is 4.90 Å². The lowest BCUT2D eigenvalue weighted by Gasteiger charge is -2.27. The molecule has 0 aromatic heterocycles. The summed E-state index contributed by atoms with van der Waals surface area (Å²) in [7, 11) is 0. The molecule has 2 N–H and O–H groups in total. The molecule has 0 aromatic carbocycles. The van der Waals surface area contributed by atoms with Crippen LogP contribution in [0.3, 0.4) is 0 Å². The summed E-state index contributed by atoms with van der Waals surface area (Å²) in [5, 5.41) is 12.0. The number of carbonyl (C=O) groups is 4. The van der Waals surface area contributed by atoms with Crippen LogP contribution in [0, 0.1) is 35.5 Å². The summed E-state index contributed by atoms with van der Waals surface area (Å²) in [5.74, 6) is -0.131. The third-order valence-corrected chi connectivity index (χ3v) is 7.77. The van der Waals surface area contributed by atoms with E-state index in [1.165, 1.54) is 0 Å². The average molecular weight is 493 g/mol. The normalized spacial score (nSPS) is 26.4. The molecule has 1 heterocycles. The number of carboxylic acids is 1. The number of rotatable bonds is 10. The Balaban J connectivity index is 0.000000247. The summed E-state index contributed by atoms with van der Waals surface area (Å²) < 4.78 is 0. The van der Waals surface area contributed by atoms with Crippen LogP contribution < -0.4 is 5.32 Å². The monoisotopic (exact) mass is 492 g/mol. The molecule has 3 rings (SSSR count). The van der Waals surface area contributed by atoms with Crippen LogP contribution in [0.5, 0.6) is 0 Å². The highest BCUT2D eigenvalue weighted by molar-refractivity contribution is 6.05. The summed E-state index contributed by atoms with van der Waals surface area (Å²) in [5.41, 5.74) is 0. The van der Waals surface area contributed by atoms with E-state index in [0.717, 1.165) is 64.2 Å². The molecule has 4 atom stereocenters. The van der Waals surface area contributed by atoms with Crippen molar-refractivity contribution in [3.8, 4) is 0 Å². The van der Waals surface area contributed by atoms with Crippen LogP contribution in [0.1, 0.15) is 105 Å². The summed E-state index contributed by atoms with van der Waals surface area (Å²) in [6.45, 7) is 9.97. The SMILES string of the molecule is CC(C)CCCN1C(=O)C2CCCCC2C1=O.CC(C)CCCNC(=O)C1CCCCC1C(=O)O. The Labute approximate surface area is 211 Å². The van der Waals surface area contributed by atoms with Gasteiger partial charge in [0.25, 0.3) is 0 Å². The van der Waals surface area contributed by atoms with Crippen LogP contribution >= 0.6 is 0 Å². The highest BCUT2D eigenvalue weighted by Crippen LogP contribution is 2.38. The maximum atomic E-state index is 12.1. The zero-order chi connectivity index (χ0) is 26.0. The largest absolute Gasteiger partial charge is 0.481 e. The van der Waals surface area contributed by atoms with E-state index >= 15 is 0 Å². The lowest BCUT2D eigenvalue weighted by atomic mass is 9.78. The summed E-state index contributed by atoms with van der Waals surface area (Å²) >= 11 is 0. The van der Waals surface area contributed by atoms with Crippen molar-refractivity contribution in [3.63, 3.8) is 0 Å². The zero-order valence-electron chi connectivity index (χ0n) is 22.4. The first-order valence-electron chi connectivity index (χ1n) is 14.0. The molecular formula is C28H48N2O5. The number of nitrogens with one attached hydrogen (secondary N) is 1. The van der Waals surface area contributed by atoms with Gasteiger partial charge in [0, 0.05) is 13.1 Å². The molecule has 3 aliphatic rings. The molecule has 3 amide bonds. The second-order valence-corrected chi connectivity index (χ2v) is 11.5. The Hall–Kier alpha value is -1.92. The van der Waals surface area contributed by atoms with E-state index in [2.05, 4.69) is 33.0 Å². The third kappa shape index (κ3) is 8.91. The number of carboxylic acid groups (broad SMARTS) is 1. The van der Waals surface area contributed by atoms with Crippen LogP contribution in [0.25, 0.3) is 0 Å². The summed E-state index contributed by atoms with van der Waals surface area (Å²) in [4.78, 5) is 48.9. The van der Waals surface area contributed by atoms with Crippen LogP contribution in [-0.2, 0) is 19.2 Å². The van der Waals surface area contributed by atoms with Crippen LogP contribution in [0.2, 0.25) is 0 Å². The van der Waals surface area contributed by atoms with E-state index < -0.39 is 11.9 Å². The predicted molar refractivity (Wildman–Crippen MR) is 136 cm³/mol. The van der Waals surface area contributed by atoms with Crippen molar-refractivity contribution in [3.05, 3.63) is 0 Å². The molecule has 1 aliphatic heterocycles. The molecule has 7 nitrogen and oxygen atoms in total. The van der Waals surface area contributed by atoms with Gasteiger partial charge in [0.15, 0.2) is 0 Å². The van der Waals surface area contributed by atoms with E-state index in [-0.39, 0.29) is 35.5 Å². The van der Waals surface area contributed by atoms with Crippen LogP contribution in [-0.4, -0.2) is 46.8 Å². The van der Waals surface area contributed by atoms with E-state index in [1.807, 2.05) is 0 Å². The van der Waals surface area contributed by atoms with Gasteiger partial charge in [0.2, 0.25) is 17.7 Å². The van der Waals surface area contributed by atoms with Crippen molar-refractivity contribution in [2.24, 2.45) is 35.5 Å². The smallest absolute Gasteiger partial charge is 0.307 e. The van der Waals surface area contributed by atoms with Crippen molar-refractivity contribution in [1.29, 1.82) is 0 Å². The summed E-state index contributed by atoms with van der Waals surface area (Å²) in [6.07, 6.45) is 11.4. The van der Waals surface area contributed by atoms with Gasteiger partial charge in [-0.1, -0.05) is 53.4 Å². The first-order valence-corrected chi connectivity index (χ1v) is 14.0. The van der Waals surface area contributed by atoms with Crippen LogP contribution in [0.15, 0.2) is 0 Å². The third-order valence-electron chi connectivity index (χ3n) is 7.77. The van der Waals surface area contributed by atoms with Gasteiger partial charge in [0.05, 0.1) is 23.7 Å². The van der Waals surface area contributed by atoms with Crippen molar-refractivity contribution in [2.75, 3.05) is 13.1 Å². The number of imide groups is 1. The fourth-order valence-corrected chi connectivity index (χ4v) is 5.70. The standard InChI is InChI=1S/C14H25NO3.C14H23NO2/c1-10(2)6-5-9-15-13(16)11-7-3-4-8-12(11)14(17)18;1-10(2)6-5-9-15-13(16)11-7-3-4-8-12(11)14(15)17/h10-12H,3-9H2,1-2H3,(H,15,16)(H,17,18);10-12H,3-9H2,1-2H3.